The van der Waals surface area contributed by atoms with E-state index in [0.717, 1.165) is 57.8 Å². The van der Waals surface area contributed by atoms with Crippen LogP contribution in [0.25, 0.3) is 0 Å². The number of carbonyl (C=O) groups excluding carboxylic acids is 6. The van der Waals surface area contributed by atoms with Gasteiger partial charge in [0.25, 0.3) is 0 Å². The summed E-state index contributed by atoms with van der Waals surface area (Å²) in [6, 6.07) is 37.1. The van der Waals surface area contributed by atoms with Crippen molar-refractivity contribution in [3.05, 3.63) is 174 Å². The van der Waals surface area contributed by atoms with Crippen molar-refractivity contribution >= 4 is 204 Å². The molecule has 0 spiro atoms. The molecule has 3 atom stereocenters. The number of halogens is 6. The number of benzene rings is 6. The lowest BCUT2D eigenvalue weighted by atomic mass is 10.1. The highest BCUT2D eigenvalue weighted by molar-refractivity contribution is 8.78. The molecule has 3 heterocycles. The van der Waals surface area contributed by atoms with Crippen molar-refractivity contribution in [3.63, 3.8) is 0 Å². The normalized spacial score (nSPS) is 15.9. The molecule has 90 heavy (non-hydrogen) atoms. The first-order chi connectivity index (χ1) is 43.4. The zero-order chi connectivity index (χ0) is 64.5. The largest absolute Gasteiger partial charge is 0.369 e. The minimum atomic E-state index is -0.466. The lowest BCUT2D eigenvalue weighted by Gasteiger charge is -2.27. The van der Waals surface area contributed by atoms with Gasteiger partial charge in [-0.05, 0) is 129 Å². The monoisotopic (exact) mass is 1450 g/mol. The van der Waals surface area contributed by atoms with Crippen molar-refractivity contribution in [3.8, 4) is 0 Å². The Hall–Kier alpha value is -4.02. The van der Waals surface area contributed by atoms with E-state index in [0.29, 0.717) is 116 Å². The van der Waals surface area contributed by atoms with Gasteiger partial charge in [-0.15, -0.1) is 0 Å². The number of nitrogens with two attached hydrogens (primary N) is 3. The molecule has 0 aromatic heterocycles. The molecule has 24 heteroatoms. The average molecular weight is 1450 g/mol. The third-order valence-electron chi connectivity index (χ3n) is 14.7. The Kier molecular flexibility index (Phi) is 31.3. The van der Waals surface area contributed by atoms with Crippen LogP contribution in [-0.4, -0.2) is 68.5 Å². The Morgan fingerprint density at radius 1 is 0.356 bits per heavy atom. The lowest BCUT2D eigenvalue weighted by molar-refractivity contribution is -0.119. The van der Waals surface area contributed by atoms with E-state index in [1.165, 1.54) is 36.5 Å². The van der Waals surface area contributed by atoms with Gasteiger partial charge in [0.05, 0.1) is 83.5 Å². The molecule has 0 bridgehead atoms. The highest BCUT2D eigenvalue weighted by Crippen LogP contribution is 2.46. The number of amides is 6. The second kappa shape index (κ2) is 38.4. The molecule has 0 radical (unpaired) electrons. The molecule has 6 amide bonds. The smallest absolute Gasteiger partial charge is 0.231 e. The zero-order valence-electron chi connectivity index (χ0n) is 49.4. The van der Waals surface area contributed by atoms with Crippen LogP contribution in [0.3, 0.4) is 0 Å². The van der Waals surface area contributed by atoms with Crippen LogP contribution in [0.1, 0.15) is 113 Å². The molecular weight excluding hydrogens is 1380 g/mol. The number of para-hydroxylation sites is 6. The fraction of sp³-hybridized carbons (Fsp3) is 0.364. The summed E-state index contributed by atoms with van der Waals surface area (Å²) in [4.78, 5) is 79.5. The molecule has 6 aromatic carbocycles. The Balaban J connectivity index is 0.000000192. The first-order valence-corrected chi connectivity index (χ1v) is 39.1. The number of primary amides is 3. The number of hydrogen-bond donors (Lipinski definition) is 3. The summed E-state index contributed by atoms with van der Waals surface area (Å²) in [5.41, 5.74) is 21.3. The van der Waals surface area contributed by atoms with Gasteiger partial charge in [-0.25, -0.2) is 0 Å². The molecule has 480 valence electrons. The SMILES string of the molecule is NC(=O)Cc1ccccc1N(C(=O)CCCCC1CCSS1)c1c(Cl)cccc1Cl.NC(=O)Cc1ccccc1N(C(=O)CCCC[C@@H]1CCSS1)c1c(Cl)cccc1Cl.NC(=O)Cc1ccccc1N(C(=O)CCCC[C@H]1CCSS1)c1c(Cl)cccc1Cl. The van der Waals surface area contributed by atoms with E-state index in [4.69, 9.17) is 86.8 Å². The Labute approximate surface area is 582 Å². The van der Waals surface area contributed by atoms with Gasteiger partial charge in [-0.2, -0.15) is 0 Å². The van der Waals surface area contributed by atoms with Gasteiger partial charge in [-0.1, -0.05) is 226 Å². The summed E-state index contributed by atoms with van der Waals surface area (Å²) < 4.78 is 0. The fourth-order valence-corrected chi connectivity index (χ4v) is 21.2. The summed E-state index contributed by atoms with van der Waals surface area (Å²) in [7, 11) is 11.7. The number of carbonyl (C=O) groups is 6. The van der Waals surface area contributed by atoms with Crippen LogP contribution < -0.4 is 31.9 Å². The minimum absolute atomic E-state index is 0.0264. The van der Waals surface area contributed by atoms with E-state index in [1.807, 2.05) is 101 Å². The molecule has 6 aromatic rings. The first-order valence-electron chi connectivity index (χ1n) is 29.7. The fourth-order valence-electron chi connectivity index (χ4n) is 10.4. The van der Waals surface area contributed by atoms with Gasteiger partial charge in [-0.3, -0.25) is 43.5 Å². The van der Waals surface area contributed by atoms with Gasteiger partial charge in [0, 0.05) is 52.3 Å². The van der Waals surface area contributed by atoms with Gasteiger partial charge in [0.1, 0.15) is 0 Å². The van der Waals surface area contributed by atoms with E-state index in [9.17, 15) is 28.8 Å². The third-order valence-corrected chi connectivity index (χ3v) is 25.6. The van der Waals surface area contributed by atoms with Gasteiger partial charge >= 0.3 is 0 Å². The van der Waals surface area contributed by atoms with Gasteiger partial charge in [0.15, 0.2) is 0 Å². The average Bonchev–Trinajstić information content (AvgIpc) is 1.26. The summed E-state index contributed by atoms with van der Waals surface area (Å²) >= 11 is 38.7. The number of unbranched alkanes of at least 4 members (excludes halogenated alkanes) is 3. The molecule has 12 nitrogen and oxygen atoms in total. The van der Waals surface area contributed by atoms with Crippen LogP contribution in [0.5, 0.6) is 0 Å². The number of hydrogen-bond acceptors (Lipinski definition) is 12. The summed E-state index contributed by atoms with van der Waals surface area (Å²) in [5, 5.41) is 4.34. The minimum Gasteiger partial charge on any atom is -0.369 e. The molecule has 6 N–H and O–H groups in total. The van der Waals surface area contributed by atoms with E-state index < -0.39 is 17.7 Å². The quantitative estimate of drug-likeness (QED) is 0.0327. The van der Waals surface area contributed by atoms with Crippen LogP contribution in [0.2, 0.25) is 30.1 Å². The maximum Gasteiger partial charge on any atom is 0.231 e. The molecule has 3 aliphatic heterocycles. The van der Waals surface area contributed by atoms with Gasteiger partial charge < -0.3 is 17.2 Å². The number of anilines is 6. The number of nitrogens with zero attached hydrogens (tertiary/aromatic N) is 3. The standard InChI is InChI=1S/3C22H24Cl2N2O2S2/c3*23-17-8-5-9-18(24)22(17)26(19-10-3-1-6-15(19)14-20(25)27)21(28)11-4-2-7-16-12-13-29-30-16/h3*1,3,5-6,8-10,16H,2,4,7,11-14H2,(H2,25,27)/t2*16-;/m10./s1. The second-order valence-electron chi connectivity index (χ2n) is 21.4. The predicted octanol–water partition coefficient (Wildman–Crippen LogP) is 19.2. The van der Waals surface area contributed by atoms with Crippen molar-refractivity contribution in [2.75, 3.05) is 32.0 Å². The number of rotatable bonds is 27. The maximum atomic E-state index is 13.4. The van der Waals surface area contributed by atoms with Crippen LogP contribution in [0, 0.1) is 0 Å². The van der Waals surface area contributed by atoms with Crippen molar-refractivity contribution in [1.82, 2.24) is 0 Å². The van der Waals surface area contributed by atoms with E-state index >= 15 is 0 Å². The zero-order valence-corrected chi connectivity index (χ0v) is 58.9. The topological polar surface area (TPSA) is 190 Å². The van der Waals surface area contributed by atoms with Gasteiger partial charge in [0.2, 0.25) is 35.4 Å². The highest BCUT2D eigenvalue weighted by atomic mass is 35.5. The molecule has 0 saturated carbocycles. The molecule has 9 rings (SSSR count). The van der Waals surface area contributed by atoms with Crippen LogP contribution in [0.15, 0.2) is 127 Å². The third kappa shape index (κ3) is 22.3. The van der Waals surface area contributed by atoms with Crippen molar-refractivity contribution in [2.24, 2.45) is 17.2 Å². The summed E-state index contributed by atoms with van der Waals surface area (Å²) in [5.74, 6) is 1.93. The van der Waals surface area contributed by atoms with Crippen LogP contribution >= 0.6 is 134 Å². The molecule has 0 aliphatic carbocycles. The second-order valence-corrected chi connectivity index (χ2v) is 32.2. The molecule has 3 aliphatic rings. The molecule has 3 fully saturated rings. The first kappa shape index (κ1) is 73.4. The predicted molar refractivity (Wildman–Crippen MR) is 390 cm³/mol. The molecular formula is C66H72Cl6N6O6S6. The Morgan fingerprint density at radius 3 is 0.822 bits per heavy atom. The van der Waals surface area contributed by atoms with Crippen LogP contribution in [0.4, 0.5) is 34.1 Å². The van der Waals surface area contributed by atoms with Crippen molar-refractivity contribution < 1.29 is 28.8 Å². The van der Waals surface area contributed by atoms with E-state index in [-0.39, 0.29) is 37.0 Å². The molecule has 1 unspecified atom stereocenters. The van der Waals surface area contributed by atoms with E-state index in [2.05, 4.69) is 0 Å². The van der Waals surface area contributed by atoms with E-state index in [1.54, 1.807) is 106 Å². The summed E-state index contributed by atoms with van der Waals surface area (Å²) in [6.07, 6.45) is 13.6. The van der Waals surface area contributed by atoms with Crippen molar-refractivity contribution in [1.29, 1.82) is 0 Å². The van der Waals surface area contributed by atoms with Crippen molar-refractivity contribution in [2.45, 2.75) is 131 Å². The summed E-state index contributed by atoms with van der Waals surface area (Å²) in [6.45, 7) is 0. The van der Waals surface area contributed by atoms with Crippen LogP contribution in [-0.2, 0) is 48.0 Å². The maximum absolute atomic E-state index is 13.4. The molecule has 3 saturated heterocycles. The highest BCUT2D eigenvalue weighted by Gasteiger charge is 2.30. The lowest BCUT2D eigenvalue weighted by Crippen LogP contribution is -2.28. The Bertz CT molecular complexity index is 3000. The Morgan fingerprint density at radius 2 is 0.600 bits per heavy atom.